The van der Waals surface area contributed by atoms with Crippen LogP contribution >= 0.6 is 0 Å². The second-order valence-corrected chi connectivity index (χ2v) is 17.2. The van der Waals surface area contributed by atoms with Crippen LogP contribution in [0.15, 0.2) is 0 Å². The van der Waals surface area contributed by atoms with E-state index in [9.17, 15) is 0 Å². The molecule has 0 aromatic heterocycles. The van der Waals surface area contributed by atoms with Gasteiger partial charge in [0.15, 0.2) is 0 Å². The largest absolute Gasteiger partial charge is 0.0683 e. The Labute approximate surface area is 317 Å². The Bertz CT molecular complexity index is 373. The quantitative estimate of drug-likeness (QED) is 0.237. The van der Waals surface area contributed by atoms with Crippen molar-refractivity contribution in [2.45, 2.75) is 272 Å². The fourth-order valence-corrected chi connectivity index (χ4v) is 0.539. The highest BCUT2D eigenvalue weighted by Crippen LogP contribution is 2.22. The molecule has 0 heterocycles. The van der Waals surface area contributed by atoms with Crippen molar-refractivity contribution in [3.05, 3.63) is 0 Å². The van der Waals surface area contributed by atoms with Gasteiger partial charge in [-0.05, 0) is 46.3 Å². The maximum atomic E-state index is 2.30. The topological polar surface area (TPSA) is 0 Å². The van der Waals surface area contributed by atoms with Crippen molar-refractivity contribution in [1.82, 2.24) is 0 Å². The Hall–Kier alpha value is 0. The van der Waals surface area contributed by atoms with Crippen molar-refractivity contribution >= 4 is 0 Å². The fourth-order valence-electron chi connectivity index (χ4n) is 0.539. The van der Waals surface area contributed by atoms with Crippen LogP contribution in [0.3, 0.4) is 0 Å². The summed E-state index contributed by atoms with van der Waals surface area (Å²) in [6.45, 7) is 66.1. The smallest absolute Gasteiger partial charge is 0.0359 e. The molecule has 0 bridgehead atoms. The zero-order valence-corrected chi connectivity index (χ0v) is 41.5. The van der Waals surface area contributed by atoms with E-state index in [1.165, 1.54) is 64.2 Å². The van der Waals surface area contributed by atoms with Gasteiger partial charge in [-0.1, -0.05) is 272 Å². The van der Waals surface area contributed by atoms with E-state index >= 15 is 0 Å². The highest BCUT2D eigenvalue weighted by molar-refractivity contribution is 4.61. The maximum Gasteiger partial charge on any atom is -0.0359 e. The molecule has 0 heteroatoms. The predicted octanol–water partition coefficient (Wildman–Crippen LogP) is 20.0. The second-order valence-electron chi connectivity index (χ2n) is 17.2. The number of rotatable bonds is 8. The molecule has 0 aromatic rings. The molecule has 0 unspecified atom stereocenters. The van der Waals surface area contributed by atoms with Gasteiger partial charge in [-0.3, -0.25) is 0 Å². The van der Waals surface area contributed by atoms with Crippen LogP contribution in [0, 0.1) is 46.3 Å². The summed E-state index contributed by atoms with van der Waals surface area (Å²) >= 11 is 0. The molecule has 0 aliphatic rings. The standard InChI is InChI=1S/C7H16.3C6H14.2C5H12.2C4H10.C3H8.C2H6/c1-5-7(3,4)6-2;1-5-6(2,3)4;1-5(2)6(3)4;1-4-6(3)5-2;2*1-4-5(2)3;1-4(2)3;1-3-4-2;1-3-2;1-2/h5-6H2,1-4H3;5H2,1-4H3;5-6H,1-4H3;6H,4-5H2,1-3H3;2*5H,4H2,1-3H3;4H,1-3H3;3-4H2,1-2H3;3H2,1-2H3;1-2H3. The van der Waals surface area contributed by atoms with Gasteiger partial charge in [0, 0.05) is 0 Å². The Kier molecular flexibility index (Phi) is 95.1. The van der Waals surface area contributed by atoms with E-state index in [4.69, 9.17) is 0 Å². The van der Waals surface area contributed by atoms with Crippen molar-refractivity contribution in [1.29, 1.82) is 0 Å². The molecule has 0 aliphatic carbocycles. The van der Waals surface area contributed by atoms with Crippen LogP contribution in [0.1, 0.15) is 272 Å². The summed E-state index contributed by atoms with van der Waals surface area (Å²) < 4.78 is 0. The number of hydrogen-bond donors (Lipinski definition) is 0. The van der Waals surface area contributed by atoms with Gasteiger partial charge in [-0.15, -0.1) is 0 Å². The first-order valence-corrected chi connectivity index (χ1v) is 21.7. The summed E-state index contributed by atoms with van der Waals surface area (Å²) in [5, 5.41) is 0. The Morgan fingerprint density at radius 1 is 0.375 bits per heavy atom. The molecule has 0 radical (unpaired) electrons. The molecule has 0 aliphatic heterocycles. The average molecular weight is 693 g/mol. The van der Waals surface area contributed by atoms with Crippen LogP contribution in [0.25, 0.3) is 0 Å². The van der Waals surface area contributed by atoms with Crippen LogP contribution < -0.4 is 0 Å². The molecule has 0 rings (SSSR count). The van der Waals surface area contributed by atoms with E-state index < -0.39 is 0 Å². The molecule has 0 atom stereocenters. The van der Waals surface area contributed by atoms with E-state index in [0.29, 0.717) is 10.8 Å². The van der Waals surface area contributed by atoms with E-state index in [1.807, 2.05) is 13.8 Å². The molecule has 0 amide bonds. The van der Waals surface area contributed by atoms with Crippen molar-refractivity contribution in [2.24, 2.45) is 46.3 Å². The summed E-state index contributed by atoms with van der Waals surface area (Å²) in [5.74, 6) is 5.24. The van der Waals surface area contributed by atoms with Gasteiger partial charge in [-0.2, -0.15) is 0 Å². The van der Waals surface area contributed by atoms with Crippen molar-refractivity contribution < 1.29 is 0 Å². The van der Waals surface area contributed by atoms with Crippen molar-refractivity contribution in [3.8, 4) is 0 Å². The second kappa shape index (κ2) is 62.2. The molecule has 0 aromatic carbocycles. The third-order valence-electron chi connectivity index (χ3n) is 7.84. The van der Waals surface area contributed by atoms with Gasteiger partial charge < -0.3 is 0 Å². The molecular weight excluding hydrogens is 577 g/mol. The molecular formula is C48H116. The van der Waals surface area contributed by atoms with E-state index in [-0.39, 0.29) is 0 Å². The third-order valence-corrected chi connectivity index (χ3v) is 7.84. The zero-order valence-electron chi connectivity index (χ0n) is 41.5. The monoisotopic (exact) mass is 693 g/mol. The van der Waals surface area contributed by atoms with Crippen LogP contribution in [0.4, 0.5) is 0 Å². The third kappa shape index (κ3) is 192. The van der Waals surface area contributed by atoms with Gasteiger partial charge >= 0.3 is 0 Å². The van der Waals surface area contributed by atoms with Crippen LogP contribution in [0.2, 0.25) is 0 Å². The minimum Gasteiger partial charge on any atom is -0.0683 e. The molecule has 0 spiro atoms. The summed E-state index contributed by atoms with van der Waals surface area (Å²) in [6, 6.07) is 0. The van der Waals surface area contributed by atoms with E-state index in [2.05, 4.69) is 194 Å². The minimum absolute atomic E-state index is 0.542. The van der Waals surface area contributed by atoms with Crippen LogP contribution in [0.5, 0.6) is 0 Å². The first-order chi connectivity index (χ1) is 21.7. The molecule has 0 nitrogen and oxygen atoms in total. The summed E-state index contributed by atoms with van der Waals surface area (Å²) in [4.78, 5) is 0. The molecule has 0 fully saturated rings. The zero-order chi connectivity index (χ0) is 41.5. The van der Waals surface area contributed by atoms with Gasteiger partial charge in [0.2, 0.25) is 0 Å². The molecule has 0 saturated carbocycles. The van der Waals surface area contributed by atoms with Gasteiger partial charge in [0.25, 0.3) is 0 Å². The van der Waals surface area contributed by atoms with Crippen LogP contribution in [-0.2, 0) is 0 Å². The average Bonchev–Trinajstić information content (AvgIpc) is 3.02. The first-order valence-electron chi connectivity index (χ1n) is 21.7. The molecule has 48 heavy (non-hydrogen) atoms. The minimum atomic E-state index is 0.542. The number of unbranched alkanes of at least 4 members (excludes halogenated alkanes) is 1. The van der Waals surface area contributed by atoms with E-state index in [0.717, 1.165) is 35.5 Å². The Morgan fingerprint density at radius 3 is 0.542 bits per heavy atom. The molecule has 308 valence electrons. The Balaban J connectivity index is -0.0000000424. The first kappa shape index (κ1) is 73.4. The molecule has 0 N–H and O–H groups in total. The fraction of sp³-hybridized carbons (Fsp3) is 1.00. The van der Waals surface area contributed by atoms with Crippen molar-refractivity contribution in [3.63, 3.8) is 0 Å². The lowest BCUT2D eigenvalue weighted by atomic mass is 9.88. The van der Waals surface area contributed by atoms with Gasteiger partial charge in [0.1, 0.15) is 0 Å². The lowest BCUT2D eigenvalue weighted by Crippen LogP contribution is -2.05. The van der Waals surface area contributed by atoms with E-state index in [1.54, 1.807) is 0 Å². The summed E-state index contributed by atoms with van der Waals surface area (Å²) in [5.41, 5.74) is 1.12. The predicted molar refractivity (Wildman–Crippen MR) is 242 cm³/mol. The normalized spacial score (nSPS) is 9.75. The highest BCUT2D eigenvalue weighted by atomic mass is 14.2. The summed E-state index contributed by atoms with van der Waals surface area (Å²) in [6.07, 6.45) is 13.0. The van der Waals surface area contributed by atoms with Crippen molar-refractivity contribution in [2.75, 3.05) is 0 Å². The van der Waals surface area contributed by atoms with Gasteiger partial charge in [-0.25, -0.2) is 0 Å². The lowest BCUT2D eigenvalue weighted by molar-refractivity contribution is 0.338. The number of hydrogen-bond acceptors (Lipinski definition) is 0. The maximum absolute atomic E-state index is 2.30. The van der Waals surface area contributed by atoms with Gasteiger partial charge in [0.05, 0.1) is 0 Å². The SMILES string of the molecule is CC.CC(C)C.CC(C)C(C)C.CCC.CCC(C)(C)C.CCC(C)(C)CC.CCC(C)C.CCC(C)C.CCC(C)CC.CCCC. The lowest BCUT2D eigenvalue weighted by Gasteiger charge is -2.18. The highest BCUT2D eigenvalue weighted by Gasteiger charge is 2.09. The Morgan fingerprint density at radius 2 is 0.542 bits per heavy atom. The van der Waals surface area contributed by atoms with Crippen LogP contribution in [-0.4, -0.2) is 0 Å². The summed E-state index contributed by atoms with van der Waals surface area (Å²) in [7, 11) is 0. The molecule has 0 saturated heterocycles.